The highest BCUT2D eigenvalue weighted by atomic mass is 32.2. The molecule has 0 spiro atoms. The average molecular weight is 494 g/mol. The van der Waals surface area contributed by atoms with Gasteiger partial charge in [-0.05, 0) is 37.3 Å². The summed E-state index contributed by atoms with van der Waals surface area (Å²) in [5.41, 5.74) is -1.45. The largest absolute Gasteiger partial charge is 0.746 e. The molecule has 5 N–H and O–H groups in total. The third kappa shape index (κ3) is 6.33. The number of rotatable bonds is 10. The normalized spacial score (nSPS) is 19.0. The van der Waals surface area contributed by atoms with Crippen molar-refractivity contribution in [3.63, 3.8) is 0 Å². The van der Waals surface area contributed by atoms with Gasteiger partial charge in [-0.15, -0.1) is 0 Å². The molecule has 1 unspecified atom stereocenters. The van der Waals surface area contributed by atoms with E-state index >= 15 is 0 Å². The van der Waals surface area contributed by atoms with Crippen LogP contribution >= 0.6 is 0 Å². The average Bonchev–Trinajstić information content (AvgIpc) is 3.37. The lowest BCUT2D eigenvalue weighted by Gasteiger charge is -2.29. The maximum Gasteiger partial charge on any atom is 0.268 e. The Morgan fingerprint density at radius 1 is 1.24 bits per heavy atom. The Morgan fingerprint density at radius 3 is 2.53 bits per heavy atom. The molecule has 3 amide bonds. The molecule has 2 heterocycles. The molecule has 3 rings (SSSR count). The molecule has 0 aliphatic carbocycles. The van der Waals surface area contributed by atoms with Crippen molar-refractivity contribution < 1.29 is 32.5 Å². The van der Waals surface area contributed by atoms with E-state index < -0.39 is 45.4 Å². The van der Waals surface area contributed by atoms with E-state index in [9.17, 15) is 32.5 Å². The van der Waals surface area contributed by atoms with Gasteiger partial charge in [0.1, 0.15) is 21.9 Å². The predicted octanol–water partition coefficient (Wildman–Crippen LogP) is 0.187. The number of benzene rings is 1. The van der Waals surface area contributed by atoms with Gasteiger partial charge < -0.3 is 30.6 Å². The predicted molar refractivity (Wildman–Crippen MR) is 122 cm³/mol. The SMILES string of the molecule is CC(C)C[C@@H](NC(=O)c1cc2ccccc2[nH]1)C(=O)N[C@@H](C[C@@H]1CCNC1=O)C(O)S(=O)(=O)[O-]. The van der Waals surface area contributed by atoms with Crippen molar-refractivity contribution in [2.24, 2.45) is 11.8 Å². The molecule has 12 heteroatoms. The summed E-state index contributed by atoms with van der Waals surface area (Å²) in [7, 11) is -5.17. The molecule has 1 aromatic carbocycles. The smallest absolute Gasteiger partial charge is 0.268 e. The second-order valence-corrected chi connectivity index (χ2v) is 10.4. The quantitative estimate of drug-likeness (QED) is 0.293. The van der Waals surface area contributed by atoms with Crippen molar-refractivity contribution in [1.29, 1.82) is 0 Å². The fraction of sp³-hybridized carbons (Fsp3) is 0.500. The molecule has 2 aromatic rings. The molecule has 186 valence electrons. The summed E-state index contributed by atoms with van der Waals surface area (Å²) >= 11 is 0. The molecule has 11 nitrogen and oxygen atoms in total. The van der Waals surface area contributed by atoms with Crippen LogP contribution in [0.3, 0.4) is 0 Å². The highest BCUT2D eigenvalue weighted by Crippen LogP contribution is 2.20. The standard InChI is InChI=1S/C22H30N4O7S/c1-12(2)9-16(25-21(29)17-10-13-5-3-4-6-15(13)24-17)20(28)26-18(22(30)34(31,32)33)11-14-7-8-23-19(14)27/h3-6,10,12,14,16,18,22,24,30H,7-9,11H2,1-2H3,(H,23,27)(H,25,29)(H,26,28)(H,31,32,33)/p-1/t14-,16+,18-,22?/m0/s1. The number of para-hydroxylation sites is 1. The lowest BCUT2D eigenvalue weighted by atomic mass is 9.97. The van der Waals surface area contributed by atoms with Gasteiger partial charge in [0, 0.05) is 23.4 Å². The first kappa shape index (κ1) is 25.7. The van der Waals surface area contributed by atoms with E-state index in [1.807, 2.05) is 32.0 Å². The fourth-order valence-electron chi connectivity index (χ4n) is 4.04. The number of carbonyl (C=O) groups is 3. The summed E-state index contributed by atoms with van der Waals surface area (Å²) in [4.78, 5) is 40.8. The number of aliphatic hydroxyl groups is 1. The van der Waals surface area contributed by atoms with E-state index in [0.717, 1.165) is 10.9 Å². The lowest BCUT2D eigenvalue weighted by Crippen LogP contribution is -2.55. The van der Waals surface area contributed by atoms with E-state index in [1.54, 1.807) is 12.1 Å². The van der Waals surface area contributed by atoms with E-state index in [0.29, 0.717) is 13.0 Å². The van der Waals surface area contributed by atoms with Gasteiger partial charge in [-0.2, -0.15) is 0 Å². The zero-order valence-corrected chi connectivity index (χ0v) is 19.7. The van der Waals surface area contributed by atoms with Crippen LogP contribution in [0.2, 0.25) is 0 Å². The van der Waals surface area contributed by atoms with Crippen molar-refractivity contribution >= 4 is 38.7 Å². The monoisotopic (exact) mass is 493 g/mol. The first-order valence-corrected chi connectivity index (χ1v) is 12.5. The molecule has 0 saturated carbocycles. The van der Waals surface area contributed by atoms with Crippen LogP contribution in [0.15, 0.2) is 30.3 Å². The minimum absolute atomic E-state index is 0.0222. The summed E-state index contributed by atoms with van der Waals surface area (Å²) in [6.45, 7) is 4.06. The van der Waals surface area contributed by atoms with Gasteiger partial charge in [0.05, 0.1) is 6.04 Å². The van der Waals surface area contributed by atoms with E-state index in [-0.39, 0.29) is 30.4 Å². The zero-order valence-electron chi connectivity index (χ0n) is 18.9. The molecule has 1 aliphatic heterocycles. The van der Waals surface area contributed by atoms with Crippen LogP contribution in [0.4, 0.5) is 0 Å². The lowest BCUT2D eigenvalue weighted by molar-refractivity contribution is -0.126. The number of aliphatic hydroxyl groups excluding tert-OH is 1. The summed E-state index contributed by atoms with van der Waals surface area (Å²) < 4.78 is 34.4. The summed E-state index contributed by atoms with van der Waals surface area (Å²) in [6, 6.07) is 6.34. The molecule has 0 radical (unpaired) electrons. The van der Waals surface area contributed by atoms with Crippen molar-refractivity contribution in [3.05, 3.63) is 36.0 Å². The molecule has 1 fully saturated rings. The molecular weight excluding hydrogens is 464 g/mol. The minimum atomic E-state index is -5.17. The third-order valence-corrected chi connectivity index (χ3v) is 6.69. The molecule has 0 bridgehead atoms. The van der Waals surface area contributed by atoms with Crippen LogP contribution in [-0.2, 0) is 19.7 Å². The second kappa shape index (κ2) is 10.5. The molecule has 1 aromatic heterocycles. The molecular formula is C22H29N4O7S-. The van der Waals surface area contributed by atoms with Crippen molar-refractivity contribution in [2.75, 3.05) is 6.54 Å². The Hall–Kier alpha value is -2.96. The highest BCUT2D eigenvalue weighted by Gasteiger charge is 2.35. The second-order valence-electron chi connectivity index (χ2n) is 8.94. The number of H-pyrrole nitrogens is 1. The van der Waals surface area contributed by atoms with Gasteiger partial charge in [0.25, 0.3) is 5.91 Å². The molecule has 1 saturated heterocycles. The Balaban J connectivity index is 1.78. The zero-order chi connectivity index (χ0) is 25.0. The number of hydrogen-bond donors (Lipinski definition) is 5. The highest BCUT2D eigenvalue weighted by molar-refractivity contribution is 7.86. The number of amides is 3. The number of carbonyl (C=O) groups excluding carboxylic acids is 3. The summed E-state index contributed by atoms with van der Waals surface area (Å²) in [5.74, 6) is -2.33. The van der Waals surface area contributed by atoms with E-state index in [4.69, 9.17) is 0 Å². The van der Waals surface area contributed by atoms with Crippen LogP contribution in [0, 0.1) is 11.8 Å². The van der Waals surface area contributed by atoms with E-state index in [1.165, 1.54) is 0 Å². The molecule has 1 aliphatic rings. The molecule has 34 heavy (non-hydrogen) atoms. The number of hydrogen-bond acceptors (Lipinski definition) is 7. The maximum atomic E-state index is 13.1. The van der Waals surface area contributed by atoms with Crippen LogP contribution < -0.4 is 16.0 Å². The van der Waals surface area contributed by atoms with Crippen LogP contribution in [0.1, 0.15) is 43.6 Å². The van der Waals surface area contributed by atoms with Crippen LogP contribution in [-0.4, -0.2) is 64.8 Å². The Bertz CT molecular complexity index is 1130. The number of aromatic nitrogens is 1. The fourth-order valence-corrected chi connectivity index (χ4v) is 4.62. The Labute approximate surface area is 197 Å². The van der Waals surface area contributed by atoms with Crippen molar-refractivity contribution in [1.82, 2.24) is 20.9 Å². The van der Waals surface area contributed by atoms with Gasteiger partial charge in [-0.25, -0.2) is 8.42 Å². The first-order chi connectivity index (χ1) is 16.0. The topological polar surface area (TPSA) is 181 Å². The van der Waals surface area contributed by atoms with Gasteiger partial charge in [-0.3, -0.25) is 14.4 Å². The van der Waals surface area contributed by atoms with Crippen LogP contribution in [0.25, 0.3) is 10.9 Å². The summed E-state index contributed by atoms with van der Waals surface area (Å²) in [5, 5.41) is 18.5. The summed E-state index contributed by atoms with van der Waals surface area (Å²) in [6.07, 6.45) is 0.364. The van der Waals surface area contributed by atoms with Gasteiger partial charge >= 0.3 is 0 Å². The minimum Gasteiger partial charge on any atom is -0.746 e. The van der Waals surface area contributed by atoms with E-state index in [2.05, 4.69) is 20.9 Å². The number of aromatic amines is 1. The maximum absolute atomic E-state index is 13.1. The van der Waals surface area contributed by atoms with Crippen LogP contribution in [0.5, 0.6) is 0 Å². The van der Waals surface area contributed by atoms with Crippen molar-refractivity contribution in [3.8, 4) is 0 Å². The van der Waals surface area contributed by atoms with Crippen molar-refractivity contribution in [2.45, 2.75) is 50.6 Å². The Morgan fingerprint density at radius 2 is 1.94 bits per heavy atom. The van der Waals surface area contributed by atoms with Gasteiger partial charge in [-0.1, -0.05) is 32.0 Å². The van der Waals surface area contributed by atoms with Gasteiger partial charge in [0.2, 0.25) is 11.8 Å². The first-order valence-electron chi connectivity index (χ1n) is 11.0. The third-order valence-electron chi connectivity index (χ3n) is 5.77. The molecule has 4 atom stereocenters. The number of nitrogens with one attached hydrogen (secondary N) is 4. The Kier molecular flexibility index (Phi) is 7.95. The number of fused-ring (bicyclic) bond motifs is 1. The van der Waals surface area contributed by atoms with Gasteiger partial charge in [0.15, 0.2) is 5.44 Å².